The van der Waals surface area contributed by atoms with Gasteiger partial charge in [0.25, 0.3) is 0 Å². The first-order valence-electron chi connectivity index (χ1n) is 6.49. The van der Waals surface area contributed by atoms with Crippen LogP contribution in [0.4, 0.5) is 0 Å². The molecule has 1 aromatic heterocycles. The zero-order valence-electron chi connectivity index (χ0n) is 11.9. The monoisotopic (exact) mass is 253 g/mol. The Kier molecular flexibility index (Phi) is 3.47. The van der Waals surface area contributed by atoms with Crippen LogP contribution in [-0.4, -0.2) is 23.8 Å². The topological polar surface area (TPSA) is 60.2 Å². The maximum Gasteiger partial charge on any atom is 0.244 e. The first kappa shape index (κ1) is 13.5. The lowest BCUT2D eigenvalue weighted by molar-refractivity contribution is 0.00973. The highest BCUT2D eigenvalue weighted by Gasteiger charge is 2.38. The van der Waals surface area contributed by atoms with Crippen molar-refractivity contribution in [2.24, 2.45) is 5.41 Å². The van der Waals surface area contributed by atoms with Gasteiger partial charge in [-0.2, -0.15) is 4.98 Å². The van der Waals surface area contributed by atoms with Crippen LogP contribution < -0.4 is 5.32 Å². The summed E-state index contributed by atoms with van der Waals surface area (Å²) in [6.07, 6.45) is 2.35. The summed E-state index contributed by atoms with van der Waals surface area (Å²) in [7, 11) is 1.65. The number of hydrogen-bond acceptors (Lipinski definition) is 5. The number of rotatable bonds is 3. The fourth-order valence-corrected chi connectivity index (χ4v) is 2.32. The number of methoxy groups -OCH3 is 1. The summed E-state index contributed by atoms with van der Waals surface area (Å²) in [5.74, 6) is 1.27. The normalized spacial score (nSPS) is 24.2. The Hall–Kier alpha value is -0.940. The summed E-state index contributed by atoms with van der Waals surface area (Å²) in [5, 5.41) is 7.52. The Morgan fingerprint density at radius 2 is 2.17 bits per heavy atom. The van der Waals surface area contributed by atoms with Gasteiger partial charge >= 0.3 is 0 Å². The quantitative estimate of drug-likeness (QED) is 0.896. The molecule has 2 rings (SSSR count). The second kappa shape index (κ2) is 4.63. The zero-order chi connectivity index (χ0) is 13.4. The molecule has 0 spiro atoms. The molecule has 0 bridgehead atoms. The van der Waals surface area contributed by atoms with Crippen LogP contribution in [0.25, 0.3) is 0 Å². The fraction of sp³-hybridized carbons (Fsp3) is 0.846. The summed E-state index contributed by atoms with van der Waals surface area (Å²) >= 11 is 0. The predicted molar refractivity (Wildman–Crippen MR) is 68.1 cm³/mol. The molecule has 1 atom stereocenters. The molecule has 2 heterocycles. The smallest absolute Gasteiger partial charge is 0.244 e. The summed E-state index contributed by atoms with van der Waals surface area (Å²) in [4.78, 5) is 4.51. The molecule has 18 heavy (non-hydrogen) atoms. The molecule has 0 aliphatic carbocycles. The van der Waals surface area contributed by atoms with Crippen molar-refractivity contribution < 1.29 is 9.26 Å². The van der Waals surface area contributed by atoms with E-state index in [2.05, 4.69) is 29.3 Å². The minimum atomic E-state index is -0.513. The molecule has 1 aromatic rings. The number of piperidine rings is 1. The Labute approximate surface area is 108 Å². The molecule has 1 N–H and O–H groups in total. The molecule has 1 saturated heterocycles. The standard InChI is InChI=1S/C13H23N3O2/c1-12(2)7-6-8-14-9(12)10-15-11(16-18-10)13(3,4)17-5/h9,14H,6-8H2,1-5H3. The van der Waals surface area contributed by atoms with Crippen LogP contribution in [0.15, 0.2) is 4.52 Å². The van der Waals surface area contributed by atoms with E-state index < -0.39 is 5.60 Å². The molecule has 0 aromatic carbocycles. The average Bonchev–Trinajstić information content (AvgIpc) is 2.78. The maximum absolute atomic E-state index is 5.42. The van der Waals surface area contributed by atoms with E-state index in [-0.39, 0.29) is 11.5 Å². The number of aromatic nitrogens is 2. The van der Waals surface area contributed by atoms with E-state index in [9.17, 15) is 0 Å². The van der Waals surface area contributed by atoms with Gasteiger partial charge in [-0.25, -0.2) is 0 Å². The summed E-state index contributed by atoms with van der Waals surface area (Å²) in [6.45, 7) is 9.33. The highest BCUT2D eigenvalue weighted by Crippen LogP contribution is 2.39. The Balaban J connectivity index is 2.24. The molecule has 0 amide bonds. The van der Waals surface area contributed by atoms with Gasteiger partial charge in [0.1, 0.15) is 5.60 Å². The highest BCUT2D eigenvalue weighted by molar-refractivity contribution is 5.04. The lowest BCUT2D eigenvalue weighted by atomic mass is 9.77. The van der Waals surface area contributed by atoms with Crippen LogP contribution in [0, 0.1) is 5.41 Å². The van der Waals surface area contributed by atoms with Crippen molar-refractivity contribution in [3.63, 3.8) is 0 Å². The van der Waals surface area contributed by atoms with Gasteiger partial charge in [-0.3, -0.25) is 0 Å². The largest absolute Gasteiger partial charge is 0.371 e. The van der Waals surface area contributed by atoms with Gasteiger partial charge in [-0.15, -0.1) is 0 Å². The molecule has 5 nitrogen and oxygen atoms in total. The summed E-state index contributed by atoms with van der Waals surface area (Å²) in [5.41, 5.74) is -0.375. The van der Waals surface area contributed by atoms with E-state index >= 15 is 0 Å². The van der Waals surface area contributed by atoms with Crippen molar-refractivity contribution in [2.75, 3.05) is 13.7 Å². The van der Waals surface area contributed by atoms with E-state index in [0.717, 1.165) is 13.0 Å². The molecule has 0 saturated carbocycles. The minimum absolute atomic E-state index is 0.125. The third-order valence-electron chi connectivity index (χ3n) is 3.87. The summed E-state index contributed by atoms with van der Waals surface area (Å²) < 4.78 is 10.8. The zero-order valence-corrected chi connectivity index (χ0v) is 11.9. The third kappa shape index (κ3) is 2.42. The fourth-order valence-electron chi connectivity index (χ4n) is 2.32. The Bertz CT molecular complexity index is 412. The van der Waals surface area contributed by atoms with Crippen molar-refractivity contribution >= 4 is 0 Å². The predicted octanol–water partition coefficient (Wildman–Crippen LogP) is 2.40. The first-order valence-corrected chi connectivity index (χ1v) is 6.49. The van der Waals surface area contributed by atoms with Crippen LogP contribution in [-0.2, 0) is 10.3 Å². The lowest BCUT2D eigenvalue weighted by Gasteiger charge is -2.36. The van der Waals surface area contributed by atoms with Gasteiger partial charge < -0.3 is 14.6 Å². The minimum Gasteiger partial charge on any atom is -0.371 e. The van der Waals surface area contributed by atoms with Crippen molar-refractivity contribution in [3.8, 4) is 0 Å². The molecular weight excluding hydrogens is 230 g/mol. The van der Waals surface area contributed by atoms with Crippen molar-refractivity contribution in [2.45, 2.75) is 52.2 Å². The average molecular weight is 253 g/mol. The molecule has 1 unspecified atom stereocenters. The SMILES string of the molecule is COC(C)(C)c1noc(C2NCCCC2(C)C)n1. The van der Waals surface area contributed by atoms with Crippen LogP contribution >= 0.6 is 0 Å². The Morgan fingerprint density at radius 1 is 1.44 bits per heavy atom. The lowest BCUT2D eigenvalue weighted by Crippen LogP contribution is -2.40. The number of nitrogens with zero attached hydrogens (tertiary/aromatic N) is 2. The van der Waals surface area contributed by atoms with E-state index in [1.54, 1.807) is 7.11 Å². The van der Waals surface area contributed by atoms with Gasteiger partial charge in [0, 0.05) is 7.11 Å². The van der Waals surface area contributed by atoms with Gasteiger partial charge in [-0.05, 0) is 38.6 Å². The molecule has 1 fully saturated rings. The van der Waals surface area contributed by atoms with Crippen molar-refractivity contribution in [1.82, 2.24) is 15.5 Å². The summed E-state index contributed by atoms with van der Waals surface area (Å²) in [6, 6.07) is 0.125. The second-order valence-electron chi connectivity index (χ2n) is 6.15. The number of nitrogens with one attached hydrogen (secondary N) is 1. The van der Waals surface area contributed by atoms with Crippen LogP contribution in [0.1, 0.15) is 58.3 Å². The van der Waals surface area contributed by atoms with Crippen LogP contribution in [0.3, 0.4) is 0 Å². The van der Waals surface area contributed by atoms with Gasteiger partial charge in [0.15, 0.2) is 0 Å². The Morgan fingerprint density at radius 3 is 2.78 bits per heavy atom. The number of ether oxygens (including phenoxy) is 1. The van der Waals surface area contributed by atoms with E-state index in [1.165, 1.54) is 6.42 Å². The van der Waals surface area contributed by atoms with Crippen molar-refractivity contribution in [1.29, 1.82) is 0 Å². The maximum atomic E-state index is 5.42. The highest BCUT2D eigenvalue weighted by atomic mass is 16.5. The first-order chi connectivity index (χ1) is 8.37. The van der Waals surface area contributed by atoms with Crippen molar-refractivity contribution in [3.05, 3.63) is 11.7 Å². The van der Waals surface area contributed by atoms with E-state index in [0.29, 0.717) is 11.7 Å². The second-order valence-corrected chi connectivity index (χ2v) is 6.15. The van der Waals surface area contributed by atoms with E-state index in [1.807, 2.05) is 13.8 Å². The number of hydrogen-bond donors (Lipinski definition) is 1. The molecule has 102 valence electrons. The molecule has 5 heteroatoms. The van der Waals surface area contributed by atoms with Gasteiger partial charge in [-0.1, -0.05) is 19.0 Å². The van der Waals surface area contributed by atoms with E-state index in [4.69, 9.17) is 9.26 Å². The molecule has 1 aliphatic heterocycles. The molecule has 0 radical (unpaired) electrons. The third-order valence-corrected chi connectivity index (χ3v) is 3.87. The molecular formula is C13H23N3O2. The van der Waals surface area contributed by atoms with Gasteiger partial charge in [0.05, 0.1) is 6.04 Å². The van der Waals surface area contributed by atoms with Crippen LogP contribution in [0.5, 0.6) is 0 Å². The molecule has 1 aliphatic rings. The van der Waals surface area contributed by atoms with Crippen LogP contribution in [0.2, 0.25) is 0 Å². The van der Waals surface area contributed by atoms with Gasteiger partial charge in [0.2, 0.25) is 11.7 Å².